The predicted molar refractivity (Wildman–Crippen MR) is 93.4 cm³/mol. The maximum absolute atomic E-state index is 11.7. The summed E-state index contributed by atoms with van der Waals surface area (Å²) in [7, 11) is 0. The first-order valence-electron chi connectivity index (χ1n) is 9.13. The van der Waals surface area contributed by atoms with Gasteiger partial charge in [0.25, 0.3) is 0 Å². The third kappa shape index (κ3) is 2.12. The molecule has 1 N–H and O–H groups in total. The molecular formula is C19H21ClN2O3. The molecular weight excluding hydrogens is 340 g/mol. The number of carbonyl (C=O) groups is 1. The van der Waals surface area contributed by atoms with Crippen molar-refractivity contribution in [1.29, 1.82) is 0 Å². The fraction of sp³-hybridized carbons (Fsp3) is 0.579. The molecule has 5 atom stereocenters. The number of hydrogen-bond donors (Lipinski definition) is 1. The Bertz CT molecular complexity index is 744. The van der Waals surface area contributed by atoms with Gasteiger partial charge in [-0.05, 0) is 49.3 Å². The first kappa shape index (κ1) is 15.6. The number of aliphatic carboxylic acids is 1. The van der Waals surface area contributed by atoms with Gasteiger partial charge in [0, 0.05) is 24.0 Å². The molecule has 0 spiro atoms. The third-order valence-corrected chi connectivity index (χ3v) is 6.83. The van der Waals surface area contributed by atoms with Gasteiger partial charge in [-0.15, -0.1) is 0 Å². The molecule has 2 saturated carbocycles. The molecule has 5 rings (SSSR count). The molecule has 0 radical (unpaired) electrons. The lowest BCUT2D eigenvalue weighted by atomic mass is 9.76. The topological polar surface area (TPSA) is 62.1 Å². The highest BCUT2D eigenvalue weighted by Crippen LogP contribution is 2.66. The number of benzene rings is 1. The summed E-state index contributed by atoms with van der Waals surface area (Å²) in [4.78, 5) is 20.3. The van der Waals surface area contributed by atoms with Crippen LogP contribution in [0.15, 0.2) is 29.4 Å². The quantitative estimate of drug-likeness (QED) is 0.899. The number of nitrogens with zero attached hydrogens (tertiary/aromatic N) is 2. The molecule has 0 bridgehead atoms. The highest BCUT2D eigenvalue weighted by Gasteiger charge is 2.74. The zero-order valence-electron chi connectivity index (χ0n) is 13.9. The van der Waals surface area contributed by atoms with Crippen LogP contribution in [0.4, 0.5) is 0 Å². The second-order valence-corrected chi connectivity index (χ2v) is 8.14. The van der Waals surface area contributed by atoms with Gasteiger partial charge in [0.1, 0.15) is 0 Å². The standard InChI is InChI=1S/C19H21ClN2O3/c20-12-5-3-11(4-6-12)17-14-8-7-13-15(18(23)24)16(13)19(14,25-21-17)22-9-1-2-10-22/h3-6,13-16H,1-2,7-10H2,(H,23,24). The van der Waals surface area contributed by atoms with E-state index in [9.17, 15) is 9.90 Å². The van der Waals surface area contributed by atoms with E-state index in [0.717, 1.165) is 50.0 Å². The molecule has 0 amide bonds. The van der Waals surface area contributed by atoms with Crippen molar-refractivity contribution >= 4 is 23.3 Å². The Morgan fingerprint density at radius 1 is 1.24 bits per heavy atom. The van der Waals surface area contributed by atoms with Gasteiger partial charge in [-0.3, -0.25) is 9.69 Å². The smallest absolute Gasteiger partial charge is 0.307 e. The Morgan fingerprint density at radius 3 is 2.64 bits per heavy atom. The van der Waals surface area contributed by atoms with E-state index in [-0.39, 0.29) is 23.7 Å². The summed E-state index contributed by atoms with van der Waals surface area (Å²) in [5, 5.41) is 14.9. The van der Waals surface area contributed by atoms with E-state index >= 15 is 0 Å². The molecule has 132 valence electrons. The lowest BCUT2D eigenvalue weighted by Gasteiger charge is -2.43. The number of likely N-dealkylation sites (tertiary alicyclic amines) is 1. The number of oxime groups is 1. The van der Waals surface area contributed by atoms with Crippen molar-refractivity contribution in [1.82, 2.24) is 4.90 Å². The number of halogens is 1. The lowest BCUT2D eigenvalue weighted by molar-refractivity contribution is -0.183. The van der Waals surface area contributed by atoms with Gasteiger partial charge in [0.2, 0.25) is 5.72 Å². The molecule has 5 unspecified atom stereocenters. The SMILES string of the molecule is O=C(O)C1C2CCC3C(c4ccc(Cl)cc4)=NOC3(N3CCCC3)C21. The Morgan fingerprint density at radius 2 is 1.96 bits per heavy atom. The van der Waals surface area contributed by atoms with E-state index < -0.39 is 11.7 Å². The first-order valence-corrected chi connectivity index (χ1v) is 9.50. The average Bonchev–Trinajstić information content (AvgIpc) is 2.97. The summed E-state index contributed by atoms with van der Waals surface area (Å²) in [5.41, 5.74) is 1.43. The van der Waals surface area contributed by atoms with E-state index in [1.54, 1.807) is 0 Å². The van der Waals surface area contributed by atoms with Gasteiger partial charge >= 0.3 is 5.97 Å². The predicted octanol–water partition coefficient (Wildman–Crippen LogP) is 3.22. The zero-order chi connectivity index (χ0) is 17.2. The molecule has 4 aliphatic rings. The number of rotatable bonds is 3. The second kappa shape index (κ2) is 5.45. The summed E-state index contributed by atoms with van der Waals surface area (Å²) in [6, 6.07) is 7.71. The average molecular weight is 361 g/mol. The van der Waals surface area contributed by atoms with Crippen LogP contribution in [-0.2, 0) is 9.63 Å². The van der Waals surface area contributed by atoms with E-state index in [1.165, 1.54) is 0 Å². The van der Waals surface area contributed by atoms with Crippen LogP contribution < -0.4 is 0 Å². The summed E-state index contributed by atoms with van der Waals surface area (Å²) < 4.78 is 0. The molecule has 3 fully saturated rings. The highest BCUT2D eigenvalue weighted by atomic mass is 35.5. The van der Waals surface area contributed by atoms with Crippen LogP contribution in [0.25, 0.3) is 0 Å². The van der Waals surface area contributed by atoms with Crippen molar-refractivity contribution in [3.05, 3.63) is 34.9 Å². The monoisotopic (exact) mass is 360 g/mol. The van der Waals surface area contributed by atoms with Crippen molar-refractivity contribution < 1.29 is 14.7 Å². The Kier molecular flexibility index (Phi) is 3.41. The molecule has 0 aromatic heterocycles. The van der Waals surface area contributed by atoms with Crippen LogP contribution in [0.1, 0.15) is 31.2 Å². The van der Waals surface area contributed by atoms with Gasteiger partial charge in [0.15, 0.2) is 0 Å². The van der Waals surface area contributed by atoms with Gasteiger partial charge in [-0.2, -0.15) is 0 Å². The van der Waals surface area contributed by atoms with Crippen LogP contribution in [0.3, 0.4) is 0 Å². The fourth-order valence-corrected chi connectivity index (χ4v) is 5.63. The second-order valence-electron chi connectivity index (χ2n) is 7.70. The summed E-state index contributed by atoms with van der Waals surface area (Å²) >= 11 is 6.03. The van der Waals surface area contributed by atoms with Gasteiger partial charge in [0.05, 0.1) is 17.5 Å². The van der Waals surface area contributed by atoms with Gasteiger partial charge in [-0.1, -0.05) is 28.9 Å². The number of carboxylic acid groups (broad SMARTS) is 1. The Hall–Kier alpha value is -1.59. The minimum absolute atomic E-state index is 0.0513. The molecule has 1 saturated heterocycles. The van der Waals surface area contributed by atoms with Crippen molar-refractivity contribution in [2.45, 2.75) is 31.4 Å². The normalized spacial score (nSPS) is 39.3. The number of hydrogen-bond acceptors (Lipinski definition) is 4. The Labute approximate surface area is 151 Å². The maximum Gasteiger partial charge on any atom is 0.307 e. The number of carboxylic acids is 1. The largest absolute Gasteiger partial charge is 0.481 e. The molecule has 2 aliphatic heterocycles. The molecule has 5 nitrogen and oxygen atoms in total. The van der Waals surface area contributed by atoms with Crippen LogP contribution in [0.5, 0.6) is 0 Å². The van der Waals surface area contributed by atoms with E-state index in [4.69, 9.17) is 16.4 Å². The van der Waals surface area contributed by atoms with Crippen LogP contribution in [0, 0.1) is 23.7 Å². The lowest BCUT2D eigenvalue weighted by Crippen LogP contribution is -2.57. The van der Waals surface area contributed by atoms with Crippen molar-refractivity contribution in [2.75, 3.05) is 13.1 Å². The maximum atomic E-state index is 11.7. The van der Waals surface area contributed by atoms with Crippen LogP contribution >= 0.6 is 11.6 Å². The van der Waals surface area contributed by atoms with Crippen LogP contribution in [0.2, 0.25) is 5.02 Å². The van der Waals surface area contributed by atoms with E-state index in [1.807, 2.05) is 24.3 Å². The van der Waals surface area contributed by atoms with E-state index in [0.29, 0.717) is 5.02 Å². The molecule has 2 aliphatic carbocycles. The molecule has 1 aromatic rings. The molecule has 2 heterocycles. The fourth-order valence-electron chi connectivity index (χ4n) is 5.51. The molecule has 1 aromatic carbocycles. The van der Waals surface area contributed by atoms with E-state index in [2.05, 4.69) is 10.1 Å². The summed E-state index contributed by atoms with van der Waals surface area (Å²) in [5.74, 6) is -0.551. The third-order valence-electron chi connectivity index (χ3n) is 6.58. The molecule has 6 heteroatoms. The minimum Gasteiger partial charge on any atom is -0.481 e. The van der Waals surface area contributed by atoms with Gasteiger partial charge in [-0.25, -0.2) is 0 Å². The van der Waals surface area contributed by atoms with Crippen molar-refractivity contribution in [3.8, 4) is 0 Å². The van der Waals surface area contributed by atoms with Crippen LogP contribution in [-0.4, -0.2) is 40.5 Å². The number of fused-ring (bicyclic) bond motifs is 3. The van der Waals surface area contributed by atoms with Crippen molar-refractivity contribution in [2.24, 2.45) is 28.8 Å². The first-order chi connectivity index (χ1) is 12.1. The minimum atomic E-state index is -0.683. The van der Waals surface area contributed by atoms with Gasteiger partial charge < -0.3 is 9.94 Å². The zero-order valence-corrected chi connectivity index (χ0v) is 14.7. The Balaban J connectivity index is 1.54. The summed E-state index contributed by atoms with van der Waals surface area (Å²) in [6.07, 6.45) is 4.16. The summed E-state index contributed by atoms with van der Waals surface area (Å²) in [6.45, 7) is 1.94. The van der Waals surface area contributed by atoms with Crippen molar-refractivity contribution in [3.63, 3.8) is 0 Å². The highest BCUT2D eigenvalue weighted by molar-refractivity contribution is 6.30. The molecule has 25 heavy (non-hydrogen) atoms.